The zero-order chi connectivity index (χ0) is 19.9. The molecule has 0 aliphatic rings. The molecule has 3 rings (SSSR count). The Bertz CT molecular complexity index is 1030. The van der Waals surface area contributed by atoms with E-state index in [1.165, 1.54) is 30.3 Å². The molecule has 5 N–H and O–H groups in total. The second-order valence-electron chi connectivity index (χ2n) is 5.34. The Morgan fingerprint density at radius 3 is 2.15 bits per heavy atom. The molecular weight excluding hydrogens is 370 g/mol. The van der Waals surface area contributed by atoms with E-state index in [1.807, 2.05) is 24.3 Å². The van der Waals surface area contributed by atoms with Gasteiger partial charge in [-0.25, -0.2) is 0 Å². The first-order chi connectivity index (χ1) is 12.9. The average molecular weight is 389 g/mol. The van der Waals surface area contributed by atoms with Crippen molar-refractivity contribution in [2.45, 2.75) is 4.90 Å². The van der Waals surface area contributed by atoms with Gasteiger partial charge in [0.05, 0.1) is 17.2 Å². The van der Waals surface area contributed by atoms with Crippen molar-refractivity contribution in [3.05, 3.63) is 60.7 Å². The molecule has 0 amide bonds. The molecule has 0 atom stereocenters. The van der Waals surface area contributed by atoms with Crippen LogP contribution >= 0.6 is 0 Å². The molecule has 0 aromatic heterocycles. The van der Waals surface area contributed by atoms with Gasteiger partial charge in [-0.05, 0) is 35.7 Å². The molecule has 27 heavy (non-hydrogen) atoms. The largest absolute Gasteiger partial charge is 0.506 e. The third-order valence-corrected chi connectivity index (χ3v) is 4.28. The first-order valence-electron chi connectivity index (χ1n) is 7.87. The summed E-state index contributed by atoms with van der Waals surface area (Å²) in [6.45, 7) is 0.472. The zero-order valence-electron chi connectivity index (χ0n) is 14.2. The summed E-state index contributed by atoms with van der Waals surface area (Å²) in [4.78, 5) is -0.218. The number of hydrogen-bond donors (Lipinski definition) is 4. The van der Waals surface area contributed by atoms with Crippen molar-refractivity contribution in [1.29, 1.82) is 0 Å². The van der Waals surface area contributed by atoms with E-state index >= 15 is 0 Å². The average Bonchev–Trinajstić information content (AvgIpc) is 2.67. The van der Waals surface area contributed by atoms with Gasteiger partial charge in [-0.2, -0.15) is 13.5 Å². The molecule has 3 aromatic rings. The van der Waals surface area contributed by atoms with Gasteiger partial charge in [0.25, 0.3) is 10.1 Å². The molecule has 0 aliphatic carbocycles. The molecule has 0 spiro atoms. The summed E-state index contributed by atoms with van der Waals surface area (Å²) in [5.41, 5.74) is 5.51. The van der Waals surface area contributed by atoms with Crippen LogP contribution in [0.4, 0.5) is 11.4 Å². The zero-order valence-corrected chi connectivity index (χ0v) is 15.0. The second-order valence-corrected chi connectivity index (χ2v) is 6.76. The third-order valence-electron chi connectivity index (χ3n) is 3.41. The minimum atomic E-state index is -4.23. The molecule has 0 saturated carbocycles. The quantitative estimate of drug-likeness (QED) is 0.398. The predicted molar refractivity (Wildman–Crippen MR) is 102 cm³/mol. The van der Waals surface area contributed by atoms with Crippen molar-refractivity contribution >= 4 is 32.3 Å². The van der Waals surface area contributed by atoms with Gasteiger partial charge in [-0.3, -0.25) is 4.55 Å². The van der Waals surface area contributed by atoms with Crippen LogP contribution in [0.2, 0.25) is 0 Å². The molecule has 9 heteroatoms. The van der Waals surface area contributed by atoms with Crippen molar-refractivity contribution < 1.29 is 23.2 Å². The number of phenolic OH excluding ortho intramolecular Hbond substituents is 1. The van der Waals surface area contributed by atoms with E-state index < -0.39 is 10.1 Å². The highest BCUT2D eigenvalue weighted by atomic mass is 32.2. The molecule has 0 aliphatic heterocycles. The van der Waals surface area contributed by atoms with Crippen LogP contribution in [-0.2, 0) is 10.1 Å². The number of aromatic hydroxyl groups is 1. The highest BCUT2D eigenvalue weighted by Gasteiger charge is 2.09. The highest BCUT2D eigenvalue weighted by Crippen LogP contribution is 2.35. The van der Waals surface area contributed by atoms with E-state index in [0.29, 0.717) is 17.9 Å². The van der Waals surface area contributed by atoms with E-state index in [2.05, 4.69) is 10.2 Å². The summed E-state index contributed by atoms with van der Waals surface area (Å²) in [5.74, 6) is 0.00186. The molecule has 0 saturated heterocycles. The van der Waals surface area contributed by atoms with Gasteiger partial charge in [-0.15, -0.1) is 5.11 Å². The van der Waals surface area contributed by atoms with E-state index in [0.717, 1.165) is 10.8 Å². The van der Waals surface area contributed by atoms with Crippen LogP contribution in [0.1, 0.15) is 0 Å². The van der Waals surface area contributed by atoms with Crippen molar-refractivity contribution in [1.82, 2.24) is 0 Å². The highest BCUT2D eigenvalue weighted by molar-refractivity contribution is 7.85. The van der Waals surface area contributed by atoms with Crippen LogP contribution in [0.15, 0.2) is 75.8 Å². The first kappa shape index (κ1) is 20.5. The minimum Gasteiger partial charge on any atom is -0.506 e. The van der Waals surface area contributed by atoms with Crippen molar-refractivity contribution in [3.63, 3.8) is 0 Å². The lowest BCUT2D eigenvalue weighted by molar-refractivity contribution is 0.306. The van der Waals surface area contributed by atoms with Gasteiger partial charge in [-0.1, -0.05) is 30.3 Å². The van der Waals surface area contributed by atoms with Gasteiger partial charge >= 0.3 is 0 Å². The number of aliphatic hydroxyl groups excluding tert-OH is 1. The molecule has 142 valence electrons. The van der Waals surface area contributed by atoms with Crippen molar-refractivity contribution in [2.24, 2.45) is 16.0 Å². The Hall–Kier alpha value is -2.85. The number of aliphatic hydroxyl groups is 1. The van der Waals surface area contributed by atoms with Crippen molar-refractivity contribution in [3.8, 4) is 5.75 Å². The number of benzene rings is 3. The van der Waals surface area contributed by atoms with Crippen LogP contribution in [0.5, 0.6) is 5.75 Å². The van der Waals surface area contributed by atoms with Gasteiger partial charge in [0.2, 0.25) is 0 Å². The summed E-state index contributed by atoms with van der Waals surface area (Å²) in [5, 5.41) is 27.5. The summed E-state index contributed by atoms with van der Waals surface area (Å²) >= 11 is 0. The molecule has 0 radical (unpaired) electrons. The Morgan fingerprint density at radius 1 is 0.926 bits per heavy atom. The lowest BCUT2D eigenvalue weighted by Crippen LogP contribution is -2.02. The number of phenols is 1. The molecule has 0 heterocycles. The van der Waals surface area contributed by atoms with E-state index in [1.54, 1.807) is 6.07 Å². The maximum Gasteiger partial charge on any atom is 0.294 e. The van der Waals surface area contributed by atoms with Crippen LogP contribution in [0.3, 0.4) is 0 Å². The Labute approximate surface area is 156 Å². The van der Waals surface area contributed by atoms with Gasteiger partial charge < -0.3 is 15.9 Å². The van der Waals surface area contributed by atoms with Gasteiger partial charge in [0.1, 0.15) is 11.4 Å². The Morgan fingerprint density at radius 2 is 1.56 bits per heavy atom. The molecular formula is C18H19N3O5S. The van der Waals surface area contributed by atoms with Crippen molar-refractivity contribution in [2.75, 3.05) is 13.2 Å². The Kier molecular flexibility index (Phi) is 6.97. The summed E-state index contributed by atoms with van der Waals surface area (Å²) in [7, 11) is -4.23. The number of rotatable bonds is 4. The lowest BCUT2D eigenvalue weighted by atomic mass is 10.1. The normalized spacial score (nSPS) is 11.4. The summed E-state index contributed by atoms with van der Waals surface area (Å²) in [6, 6.07) is 16.0. The van der Waals surface area contributed by atoms with E-state index in [9.17, 15) is 13.5 Å². The fraction of sp³-hybridized carbons (Fsp3) is 0.111. The fourth-order valence-electron chi connectivity index (χ4n) is 2.14. The van der Waals surface area contributed by atoms with E-state index in [4.69, 9.17) is 15.4 Å². The molecule has 0 unspecified atom stereocenters. The molecule has 8 nitrogen and oxygen atoms in total. The summed E-state index contributed by atoms with van der Waals surface area (Å²) in [6.07, 6.45) is 0. The smallest absolute Gasteiger partial charge is 0.294 e. The van der Waals surface area contributed by atoms with Crippen LogP contribution in [-0.4, -0.2) is 36.3 Å². The number of nitrogens with two attached hydrogens (primary N) is 1. The van der Waals surface area contributed by atoms with Crippen LogP contribution in [0, 0.1) is 0 Å². The minimum absolute atomic E-state index is 0.00186. The fourth-order valence-corrected chi connectivity index (χ4v) is 2.62. The number of hydrogen-bond acceptors (Lipinski definition) is 7. The van der Waals surface area contributed by atoms with Gasteiger partial charge in [0, 0.05) is 11.9 Å². The number of fused-ring (bicyclic) bond motifs is 1. The SMILES string of the molecule is NCCO.O=S(=O)(O)c1ccc(N=Nc2c(O)ccc3ccccc23)cc1. The number of azo groups is 1. The topological polar surface area (TPSA) is 146 Å². The summed E-state index contributed by atoms with van der Waals surface area (Å²) < 4.78 is 30.9. The lowest BCUT2D eigenvalue weighted by Gasteiger charge is -2.03. The standard InChI is InChI=1S/C16H12N2O4S.C2H7NO/c19-15-10-5-11-3-1-2-4-14(11)16(15)18-17-12-6-8-13(9-7-12)23(20,21)22;3-1-2-4/h1-10,19H,(H,20,21,22);4H,1-3H2. The van der Waals surface area contributed by atoms with Crippen LogP contribution in [0.25, 0.3) is 10.8 Å². The monoisotopic (exact) mass is 389 g/mol. The number of nitrogens with zero attached hydrogens (tertiary/aromatic N) is 2. The molecule has 3 aromatic carbocycles. The predicted octanol–water partition coefficient (Wildman–Crippen LogP) is 3.14. The van der Waals surface area contributed by atoms with E-state index in [-0.39, 0.29) is 17.3 Å². The third kappa shape index (κ3) is 5.56. The Balaban J connectivity index is 0.000000596. The first-order valence-corrected chi connectivity index (χ1v) is 9.31. The maximum atomic E-state index is 11.0. The molecule has 0 fully saturated rings. The second kappa shape index (κ2) is 9.19. The molecule has 0 bridgehead atoms. The van der Waals surface area contributed by atoms with Gasteiger partial charge in [0.15, 0.2) is 0 Å². The van der Waals surface area contributed by atoms with Crippen LogP contribution < -0.4 is 5.73 Å². The maximum absolute atomic E-state index is 11.0.